The van der Waals surface area contributed by atoms with Gasteiger partial charge in [0.25, 0.3) is 5.91 Å². The number of benzene rings is 2. The molecule has 36 heavy (non-hydrogen) atoms. The number of alkyl halides is 3. The third-order valence-corrected chi connectivity index (χ3v) is 6.97. The molecule has 1 aromatic heterocycles. The molecule has 12 heteroatoms. The topological polar surface area (TPSA) is 107 Å². The second-order valence-electron chi connectivity index (χ2n) is 8.71. The molecule has 8 nitrogen and oxygen atoms in total. The van der Waals surface area contributed by atoms with E-state index in [1.807, 2.05) is 18.2 Å². The van der Waals surface area contributed by atoms with Crippen molar-refractivity contribution in [3.63, 3.8) is 0 Å². The van der Waals surface area contributed by atoms with E-state index in [1.165, 1.54) is 20.8 Å². The highest BCUT2D eigenvalue weighted by atomic mass is 32.2. The van der Waals surface area contributed by atoms with Crippen molar-refractivity contribution in [2.75, 3.05) is 0 Å². The maximum absolute atomic E-state index is 13.7. The molecule has 0 saturated heterocycles. The van der Waals surface area contributed by atoms with Crippen molar-refractivity contribution in [2.24, 2.45) is 0 Å². The van der Waals surface area contributed by atoms with E-state index in [0.29, 0.717) is 23.3 Å². The second kappa shape index (κ2) is 10.1. The molecule has 0 spiro atoms. The van der Waals surface area contributed by atoms with Gasteiger partial charge in [-0.2, -0.15) is 18.2 Å². The van der Waals surface area contributed by atoms with Crippen molar-refractivity contribution >= 4 is 15.9 Å². The number of nitrogens with one attached hydrogen (secondary N) is 1. The normalized spacial score (nSPS) is 13.1. The molecule has 0 bridgehead atoms. The number of aromatic nitrogens is 2. The average molecular weight is 524 g/mol. The van der Waals surface area contributed by atoms with Crippen LogP contribution in [0.4, 0.5) is 13.2 Å². The van der Waals surface area contributed by atoms with Crippen molar-refractivity contribution in [1.82, 2.24) is 14.7 Å². The van der Waals surface area contributed by atoms with Crippen LogP contribution in [0.15, 0.2) is 60.8 Å². The first-order valence-corrected chi connectivity index (χ1v) is 12.2. The summed E-state index contributed by atoms with van der Waals surface area (Å²) in [5, 5.41) is 0. The van der Waals surface area contributed by atoms with Crippen molar-refractivity contribution in [3.05, 3.63) is 77.6 Å². The molecule has 0 aliphatic rings. The number of carbonyl (C=O) groups is 1. The monoisotopic (exact) mass is 523 g/mol. The zero-order valence-electron chi connectivity index (χ0n) is 19.8. The lowest BCUT2D eigenvalue weighted by atomic mass is 10.1. The lowest BCUT2D eigenvalue weighted by Crippen LogP contribution is -2.43. The first-order valence-electron chi connectivity index (χ1n) is 10.7. The Balaban J connectivity index is 1.84. The SMILES string of the molecule is CC(Oc1ncc(C(=O)NS(=O)(=O)C(C)(C)C)c(C(F)(F)F)n1)c1cccc(Oc2ccccc2)c1. The fraction of sp³-hybridized carbons (Fsp3) is 0.292. The van der Waals surface area contributed by atoms with Crippen LogP contribution in [0.3, 0.4) is 0 Å². The lowest BCUT2D eigenvalue weighted by molar-refractivity contribution is -0.142. The number of halogens is 3. The van der Waals surface area contributed by atoms with E-state index in [-0.39, 0.29) is 0 Å². The number of hydrogen-bond acceptors (Lipinski definition) is 7. The van der Waals surface area contributed by atoms with Crippen LogP contribution in [-0.4, -0.2) is 29.0 Å². The highest BCUT2D eigenvalue weighted by Gasteiger charge is 2.40. The van der Waals surface area contributed by atoms with E-state index in [4.69, 9.17) is 9.47 Å². The Bertz CT molecular complexity index is 1340. The van der Waals surface area contributed by atoms with E-state index < -0.39 is 50.2 Å². The molecule has 192 valence electrons. The van der Waals surface area contributed by atoms with Gasteiger partial charge >= 0.3 is 12.2 Å². The predicted octanol–water partition coefficient (Wildman–Crippen LogP) is 5.29. The molecule has 0 aliphatic heterocycles. The van der Waals surface area contributed by atoms with E-state index in [0.717, 1.165) is 0 Å². The Morgan fingerprint density at radius 2 is 1.64 bits per heavy atom. The summed E-state index contributed by atoms with van der Waals surface area (Å²) in [6.07, 6.45) is -5.28. The highest BCUT2D eigenvalue weighted by Crippen LogP contribution is 2.33. The number of hydrogen-bond donors (Lipinski definition) is 1. The van der Waals surface area contributed by atoms with Gasteiger partial charge in [-0.25, -0.2) is 18.1 Å². The number of rotatable bonds is 7. The highest BCUT2D eigenvalue weighted by molar-refractivity contribution is 7.91. The van der Waals surface area contributed by atoms with Gasteiger partial charge in [0.2, 0.25) is 10.0 Å². The molecule has 1 unspecified atom stereocenters. The molecule has 0 fully saturated rings. The number of para-hydroxylation sites is 1. The summed E-state index contributed by atoms with van der Waals surface area (Å²) in [6.45, 7) is 5.46. The van der Waals surface area contributed by atoms with Gasteiger partial charge in [-0.3, -0.25) is 4.79 Å². The minimum atomic E-state index is -5.08. The molecule has 3 aromatic rings. The summed E-state index contributed by atoms with van der Waals surface area (Å²) in [7, 11) is -4.26. The zero-order chi connectivity index (χ0) is 26.7. The van der Waals surface area contributed by atoms with Crippen LogP contribution in [0.2, 0.25) is 0 Å². The van der Waals surface area contributed by atoms with Crippen molar-refractivity contribution < 1.29 is 35.9 Å². The van der Waals surface area contributed by atoms with E-state index in [2.05, 4.69) is 9.97 Å². The summed E-state index contributed by atoms with van der Waals surface area (Å²) < 4.78 is 77.0. The van der Waals surface area contributed by atoms with Crippen LogP contribution in [0.1, 0.15) is 55.4 Å². The Labute approximate surface area is 206 Å². The molecule has 2 aromatic carbocycles. The molecule has 1 amide bonds. The molecule has 0 aliphatic carbocycles. The molecule has 3 rings (SSSR count). The number of amides is 1. The van der Waals surface area contributed by atoms with Gasteiger partial charge in [-0.1, -0.05) is 30.3 Å². The third-order valence-electron chi connectivity index (χ3n) is 4.90. The first kappa shape index (κ1) is 26.9. The van der Waals surface area contributed by atoms with Gasteiger partial charge in [0, 0.05) is 6.20 Å². The minimum absolute atomic E-state index is 0.484. The average Bonchev–Trinajstić information content (AvgIpc) is 2.78. The van der Waals surface area contributed by atoms with E-state index in [1.54, 1.807) is 48.0 Å². The summed E-state index contributed by atoms with van der Waals surface area (Å²) in [5.41, 5.74) is -2.10. The van der Waals surface area contributed by atoms with Gasteiger partial charge in [-0.05, 0) is 57.5 Å². The Morgan fingerprint density at radius 1 is 1.00 bits per heavy atom. The summed E-state index contributed by atoms with van der Waals surface area (Å²) in [5.74, 6) is -0.413. The van der Waals surface area contributed by atoms with Crippen LogP contribution in [0.5, 0.6) is 17.5 Å². The van der Waals surface area contributed by atoms with Gasteiger partial charge in [0.05, 0.1) is 10.3 Å². The quantitative estimate of drug-likeness (QED) is 0.449. The number of sulfonamides is 1. The van der Waals surface area contributed by atoms with Crippen LogP contribution in [0.25, 0.3) is 0 Å². The standard InChI is InChI=1S/C24H24F3N3O5S/c1-15(16-9-8-12-18(13-16)35-17-10-6-5-7-11-17)34-22-28-14-19(20(29-22)24(25,26)27)21(31)30-36(32,33)23(2,3)4/h5-15H,1-4H3,(H,30,31). The van der Waals surface area contributed by atoms with Crippen molar-refractivity contribution in [1.29, 1.82) is 0 Å². The maximum atomic E-state index is 13.7. The lowest BCUT2D eigenvalue weighted by Gasteiger charge is -2.20. The van der Waals surface area contributed by atoms with Crippen LogP contribution < -0.4 is 14.2 Å². The molecule has 1 heterocycles. The summed E-state index contributed by atoms with van der Waals surface area (Å²) >= 11 is 0. The predicted molar refractivity (Wildman–Crippen MR) is 125 cm³/mol. The number of nitrogens with zero attached hydrogens (tertiary/aromatic N) is 2. The fourth-order valence-electron chi connectivity index (χ4n) is 2.82. The van der Waals surface area contributed by atoms with Crippen molar-refractivity contribution in [2.45, 2.75) is 44.7 Å². The molecule has 1 N–H and O–H groups in total. The van der Waals surface area contributed by atoms with Crippen LogP contribution in [-0.2, 0) is 16.2 Å². The van der Waals surface area contributed by atoms with Crippen LogP contribution >= 0.6 is 0 Å². The zero-order valence-corrected chi connectivity index (χ0v) is 20.6. The van der Waals surface area contributed by atoms with Crippen molar-refractivity contribution in [3.8, 4) is 17.5 Å². The number of ether oxygens (including phenoxy) is 2. The summed E-state index contributed by atoms with van der Waals surface area (Å²) in [6, 6.07) is 15.1. The van der Waals surface area contributed by atoms with Gasteiger partial charge in [0.15, 0.2) is 5.69 Å². The number of carbonyl (C=O) groups excluding carboxylic acids is 1. The molecule has 1 atom stereocenters. The van der Waals surface area contributed by atoms with Gasteiger partial charge in [-0.15, -0.1) is 0 Å². The molecular weight excluding hydrogens is 499 g/mol. The second-order valence-corrected chi connectivity index (χ2v) is 11.1. The smallest absolute Gasteiger partial charge is 0.434 e. The van der Waals surface area contributed by atoms with E-state index in [9.17, 15) is 26.4 Å². The van der Waals surface area contributed by atoms with Crippen LogP contribution in [0, 0.1) is 0 Å². The van der Waals surface area contributed by atoms with Gasteiger partial charge < -0.3 is 9.47 Å². The Hall–Kier alpha value is -3.67. The molecular formula is C24H24F3N3O5S. The molecule has 0 radical (unpaired) electrons. The third kappa shape index (κ3) is 6.51. The largest absolute Gasteiger partial charge is 0.457 e. The molecule has 0 saturated carbocycles. The Morgan fingerprint density at radius 3 is 2.25 bits per heavy atom. The summed E-state index contributed by atoms with van der Waals surface area (Å²) in [4.78, 5) is 19.5. The van der Waals surface area contributed by atoms with Gasteiger partial charge in [0.1, 0.15) is 17.6 Å². The first-order chi connectivity index (χ1) is 16.7. The van der Waals surface area contributed by atoms with E-state index >= 15 is 0 Å². The Kier molecular flexibility index (Phi) is 7.58. The minimum Gasteiger partial charge on any atom is -0.457 e. The fourth-order valence-corrected chi connectivity index (χ4v) is 3.48. The maximum Gasteiger partial charge on any atom is 0.434 e.